The van der Waals surface area contributed by atoms with Crippen molar-refractivity contribution in [2.24, 2.45) is 11.3 Å². The van der Waals surface area contributed by atoms with Gasteiger partial charge in [0.05, 0.1) is 12.3 Å². The smallest absolute Gasteiger partial charge is 0.167 e. The molecule has 1 aliphatic rings. The van der Waals surface area contributed by atoms with E-state index in [1.54, 1.807) is 18.2 Å². The maximum Gasteiger partial charge on any atom is 0.167 e. The lowest BCUT2D eigenvalue weighted by molar-refractivity contribution is 0.0672. The number of rotatable bonds is 14. The molecule has 1 saturated heterocycles. The first-order chi connectivity index (χ1) is 19.3. The van der Waals surface area contributed by atoms with Gasteiger partial charge < -0.3 is 40.9 Å². The summed E-state index contributed by atoms with van der Waals surface area (Å²) in [6.45, 7) is 11.8. The summed E-state index contributed by atoms with van der Waals surface area (Å²) >= 11 is 6.17. The van der Waals surface area contributed by atoms with Crippen LogP contribution in [0, 0.1) is 11.3 Å². The molecule has 10 heteroatoms. The highest BCUT2D eigenvalue weighted by Gasteiger charge is 2.43. The second-order valence-electron chi connectivity index (χ2n) is 12.0. The van der Waals surface area contributed by atoms with E-state index in [1.807, 2.05) is 65.2 Å². The lowest BCUT2D eigenvalue weighted by Crippen LogP contribution is -2.47. The van der Waals surface area contributed by atoms with E-state index in [1.165, 1.54) is 0 Å². The first-order valence-electron chi connectivity index (χ1n) is 14.2. The summed E-state index contributed by atoms with van der Waals surface area (Å²) in [4.78, 5) is 2.18. The molecule has 41 heavy (non-hydrogen) atoms. The van der Waals surface area contributed by atoms with Gasteiger partial charge in [-0.2, -0.15) is 0 Å². The highest BCUT2D eigenvalue weighted by Crippen LogP contribution is 2.35. The Labute approximate surface area is 249 Å². The molecular formula is C31H48ClN5O4. The quantitative estimate of drug-likeness (QED) is 0.165. The summed E-state index contributed by atoms with van der Waals surface area (Å²) in [7, 11) is 4.10. The van der Waals surface area contributed by atoms with Gasteiger partial charge in [-0.15, -0.1) is 0 Å². The van der Waals surface area contributed by atoms with Crippen LogP contribution in [0.3, 0.4) is 0 Å². The number of para-hydroxylation sites is 1. The van der Waals surface area contributed by atoms with Crippen LogP contribution in [0.2, 0.25) is 5.02 Å². The van der Waals surface area contributed by atoms with Gasteiger partial charge in [0.1, 0.15) is 18.2 Å². The number of likely N-dealkylation sites (N-methyl/N-ethyl adjacent to an activating group) is 1. The van der Waals surface area contributed by atoms with Gasteiger partial charge in [-0.25, -0.2) is 0 Å². The van der Waals surface area contributed by atoms with Crippen molar-refractivity contribution in [3.8, 4) is 5.75 Å². The summed E-state index contributed by atoms with van der Waals surface area (Å²) in [5.74, 6) is 0.622. The topological polar surface area (TPSA) is 121 Å². The van der Waals surface area contributed by atoms with E-state index in [-0.39, 0.29) is 11.5 Å². The maximum absolute atomic E-state index is 11.3. The molecule has 1 fully saturated rings. The van der Waals surface area contributed by atoms with Crippen molar-refractivity contribution in [1.82, 2.24) is 20.9 Å². The van der Waals surface area contributed by atoms with Crippen molar-refractivity contribution in [3.63, 3.8) is 0 Å². The second-order valence-corrected chi connectivity index (χ2v) is 12.4. The molecule has 3 rings (SSSR count). The number of anilines is 1. The first kappa shape index (κ1) is 33.0. The Morgan fingerprint density at radius 3 is 2.46 bits per heavy atom. The molecule has 0 radical (unpaired) electrons. The summed E-state index contributed by atoms with van der Waals surface area (Å²) < 4.78 is 5.65. The Kier molecular flexibility index (Phi) is 11.3. The number of halogens is 1. The van der Waals surface area contributed by atoms with Crippen molar-refractivity contribution < 1.29 is 20.1 Å². The molecule has 9 nitrogen and oxygen atoms in total. The monoisotopic (exact) mass is 589 g/mol. The molecule has 0 aliphatic carbocycles. The van der Waals surface area contributed by atoms with E-state index in [2.05, 4.69) is 40.0 Å². The second kappa shape index (κ2) is 14.1. The minimum atomic E-state index is -1.08. The van der Waals surface area contributed by atoms with Crippen LogP contribution in [-0.2, 0) is 0 Å². The predicted molar refractivity (Wildman–Crippen MR) is 165 cm³/mol. The van der Waals surface area contributed by atoms with Crippen molar-refractivity contribution >= 4 is 17.3 Å². The molecule has 228 valence electrons. The molecule has 0 amide bonds. The molecule has 0 bridgehead atoms. The molecule has 5 atom stereocenters. The first-order valence-corrected chi connectivity index (χ1v) is 14.6. The van der Waals surface area contributed by atoms with Crippen molar-refractivity contribution in [2.45, 2.75) is 65.3 Å². The minimum absolute atomic E-state index is 0.0569. The van der Waals surface area contributed by atoms with E-state index in [9.17, 15) is 15.3 Å². The fraction of sp³-hybridized carbons (Fsp3) is 0.548. The number of hydrogen-bond donors (Lipinski definition) is 7. The van der Waals surface area contributed by atoms with Crippen molar-refractivity contribution in [1.29, 1.82) is 0 Å². The van der Waals surface area contributed by atoms with Gasteiger partial charge in [-0.3, -0.25) is 5.32 Å². The van der Waals surface area contributed by atoms with E-state index in [4.69, 9.17) is 16.3 Å². The van der Waals surface area contributed by atoms with Crippen LogP contribution in [0.4, 0.5) is 5.69 Å². The number of nitrogens with one attached hydrogen (secondary N) is 4. The third-order valence-corrected chi connectivity index (χ3v) is 8.31. The molecular weight excluding hydrogens is 542 g/mol. The van der Waals surface area contributed by atoms with Gasteiger partial charge >= 0.3 is 0 Å². The maximum atomic E-state index is 11.3. The minimum Gasteiger partial charge on any atom is -0.493 e. The summed E-state index contributed by atoms with van der Waals surface area (Å²) in [5, 5.41) is 47.0. The van der Waals surface area contributed by atoms with E-state index in [0.717, 1.165) is 11.4 Å². The van der Waals surface area contributed by atoms with Gasteiger partial charge in [-0.1, -0.05) is 50.6 Å². The highest BCUT2D eigenvalue weighted by atomic mass is 35.5. The average molecular weight is 590 g/mol. The molecule has 2 aromatic carbocycles. The molecule has 1 heterocycles. The van der Waals surface area contributed by atoms with E-state index >= 15 is 0 Å². The predicted octanol–water partition coefficient (Wildman–Crippen LogP) is 3.85. The Morgan fingerprint density at radius 1 is 1.17 bits per heavy atom. The largest absolute Gasteiger partial charge is 0.493 e. The third-order valence-electron chi connectivity index (χ3n) is 8.07. The fourth-order valence-corrected chi connectivity index (χ4v) is 5.34. The van der Waals surface area contributed by atoms with Gasteiger partial charge in [0, 0.05) is 46.5 Å². The Hall–Kier alpha value is -2.53. The van der Waals surface area contributed by atoms with Gasteiger partial charge in [-0.05, 0) is 70.1 Å². The number of nitrogens with zero attached hydrogens (tertiary/aromatic N) is 1. The molecule has 0 saturated carbocycles. The molecule has 5 unspecified atom stereocenters. The Bertz CT molecular complexity index is 1160. The fourth-order valence-electron chi connectivity index (χ4n) is 5.16. The number of ether oxygens (including phenoxy) is 1. The zero-order valence-corrected chi connectivity index (χ0v) is 26.1. The standard InChI is InChI=1S/C31H48ClN5O4/c1-8-41-24-15-14-21(32)16-23(24)28(39)34-18-30(3,4)17-25(38)36-27(29(40)35-22-12-10-9-11-13-22)26-20(2)31(5,19-33-26)37(6)7/h9-16,20,25,28-29,33-36,38-40H,8,17-19H2,1-7H3/b27-26+. The average Bonchev–Trinajstić information content (AvgIpc) is 3.22. The Morgan fingerprint density at radius 2 is 1.85 bits per heavy atom. The van der Waals surface area contributed by atoms with Crippen LogP contribution in [0.1, 0.15) is 52.8 Å². The Balaban J connectivity index is 1.74. The van der Waals surface area contributed by atoms with Crippen LogP contribution < -0.4 is 26.0 Å². The zero-order chi connectivity index (χ0) is 30.4. The van der Waals surface area contributed by atoms with Crippen LogP contribution in [-0.4, -0.2) is 72.0 Å². The summed E-state index contributed by atoms with van der Waals surface area (Å²) in [5.41, 5.74) is 2.08. The van der Waals surface area contributed by atoms with Crippen LogP contribution >= 0.6 is 11.6 Å². The van der Waals surface area contributed by atoms with Gasteiger partial charge in [0.25, 0.3) is 0 Å². The van der Waals surface area contributed by atoms with E-state index < -0.39 is 24.1 Å². The van der Waals surface area contributed by atoms with Gasteiger partial charge in [0.15, 0.2) is 6.23 Å². The number of hydrogen-bond acceptors (Lipinski definition) is 9. The van der Waals surface area contributed by atoms with E-state index in [0.29, 0.717) is 48.1 Å². The SMILES string of the molecule is CCOc1ccc(Cl)cc1C(O)NCC(C)(C)CC(O)N/C(=C1/NCC(C)(N(C)C)C1C)C(O)Nc1ccccc1. The molecule has 2 aromatic rings. The van der Waals surface area contributed by atoms with Crippen LogP contribution in [0.15, 0.2) is 59.9 Å². The number of benzene rings is 2. The molecule has 1 aliphatic heterocycles. The lowest BCUT2D eigenvalue weighted by atomic mass is 9.86. The lowest BCUT2D eigenvalue weighted by Gasteiger charge is -2.36. The third kappa shape index (κ3) is 8.50. The molecule has 0 aromatic heterocycles. The number of aliphatic hydroxyl groups excluding tert-OH is 3. The normalized spacial score (nSPS) is 22.6. The molecule has 7 N–H and O–H groups in total. The van der Waals surface area contributed by atoms with Crippen LogP contribution in [0.5, 0.6) is 5.75 Å². The zero-order valence-electron chi connectivity index (χ0n) is 25.3. The number of aliphatic hydroxyl groups is 3. The summed E-state index contributed by atoms with van der Waals surface area (Å²) in [6, 6.07) is 14.6. The molecule has 0 spiro atoms. The van der Waals surface area contributed by atoms with Crippen LogP contribution in [0.25, 0.3) is 0 Å². The van der Waals surface area contributed by atoms with Crippen molar-refractivity contribution in [2.75, 3.05) is 39.1 Å². The highest BCUT2D eigenvalue weighted by molar-refractivity contribution is 6.30. The van der Waals surface area contributed by atoms with Crippen molar-refractivity contribution in [3.05, 3.63) is 70.5 Å². The summed E-state index contributed by atoms with van der Waals surface area (Å²) in [6.07, 6.45) is -2.70. The van der Waals surface area contributed by atoms with Gasteiger partial charge in [0.2, 0.25) is 0 Å².